The summed E-state index contributed by atoms with van der Waals surface area (Å²) in [5.74, 6) is 0. The molecule has 0 bridgehead atoms. The zero-order valence-electron chi connectivity index (χ0n) is 3.02. The molecule has 0 atom stereocenters. The van der Waals surface area contributed by atoms with Crippen LogP contribution in [0.15, 0.2) is 0 Å². The van der Waals surface area contributed by atoms with Crippen molar-refractivity contribution in [2.45, 2.75) is 0 Å². The van der Waals surface area contributed by atoms with E-state index in [-0.39, 0.29) is 22.4 Å². The van der Waals surface area contributed by atoms with Crippen molar-refractivity contribution in [3.05, 3.63) is 0 Å². The molecule has 8 heavy (non-hydrogen) atoms. The maximum atomic E-state index is 8.59. The van der Waals surface area contributed by atoms with Gasteiger partial charge in [-0.3, -0.25) is 0 Å². The van der Waals surface area contributed by atoms with E-state index in [2.05, 4.69) is 29.2 Å². The first kappa shape index (κ1) is 16.4. The second kappa shape index (κ2) is 8.82. The van der Waals surface area contributed by atoms with Gasteiger partial charge in [-0.25, -0.2) is 0 Å². The fourth-order valence-electron chi connectivity index (χ4n) is 0. The molecule has 0 rings (SSSR count). The fourth-order valence-corrected chi connectivity index (χ4v) is 0. The molecule has 0 spiro atoms. The molecule has 8 heteroatoms. The summed E-state index contributed by atoms with van der Waals surface area (Å²) >= 11 is -3.33. The van der Waals surface area contributed by atoms with Crippen molar-refractivity contribution in [1.82, 2.24) is 0 Å². The molecule has 0 aromatic carbocycles. The van der Waals surface area contributed by atoms with E-state index in [9.17, 15) is 0 Å². The molecule has 0 fully saturated rings. The van der Waals surface area contributed by atoms with E-state index in [0.717, 1.165) is 0 Å². The van der Waals surface area contributed by atoms with E-state index in [4.69, 9.17) is 15.9 Å². The molecule has 0 aromatic heterocycles. The Bertz CT molecular complexity index is 97.2. The molecule has 0 N–H and O–H groups in total. The molecule has 0 aliphatic heterocycles. The Morgan fingerprint density at radius 1 is 1.25 bits per heavy atom. The zero-order chi connectivity index (χ0) is 6.50. The third-order valence-corrected chi connectivity index (χ3v) is 0. The van der Waals surface area contributed by atoms with Gasteiger partial charge in [-0.15, -0.1) is 0 Å². The molecule has 0 heterocycles. The van der Waals surface area contributed by atoms with E-state index in [0.29, 0.717) is 0 Å². The van der Waals surface area contributed by atoms with Gasteiger partial charge in [0.2, 0.25) is 0 Å². The topological polar surface area (TPSA) is 80.3 Å². The molecule has 1 radical (unpaired) electrons. The predicted octanol–water partition coefficient (Wildman–Crippen LogP) is -1.93. The van der Waals surface area contributed by atoms with Gasteiger partial charge in [-0.05, 0) is 0 Å². The van der Waals surface area contributed by atoms with Crippen LogP contribution in [0.4, 0.5) is 0 Å². The van der Waals surface area contributed by atoms with Crippen LogP contribution in [0, 0.1) is 0 Å². The van der Waals surface area contributed by atoms with Crippen LogP contribution in [0.25, 0.3) is 0 Å². The Balaban J connectivity index is -0.0000000750. The van der Waals surface area contributed by atoms with Gasteiger partial charge in [-0.1, -0.05) is 0 Å². The molecule has 0 aliphatic rings. The first-order valence-electron chi connectivity index (χ1n) is 0.781. The summed E-state index contributed by atoms with van der Waals surface area (Å²) in [5, 5.41) is 0. The van der Waals surface area contributed by atoms with Crippen LogP contribution >= 0.6 is 9.19 Å². The van der Waals surface area contributed by atoms with Gasteiger partial charge in [0, 0.05) is 22.4 Å². The molecule has 0 amide bonds. The molecule has 0 aliphatic carbocycles. The van der Waals surface area contributed by atoms with Crippen molar-refractivity contribution in [3.63, 3.8) is 0 Å². The van der Waals surface area contributed by atoms with Crippen LogP contribution in [-0.2, 0) is 63.6 Å². The molecular formula is Ag2ClCrO4-2. The van der Waals surface area contributed by atoms with Gasteiger partial charge in [-0.2, -0.15) is 0 Å². The summed E-state index contributed by atoms with van der Waals surface area (Å²) < 4.78 is 34.4. The second-order valence-corrected chi connectivity index (χ2v) is 1.68. The molecular weight excluding hydrogens is 367 g/mol. The summed E-state index contributed by atoms with van der Waals surface area (Å²) in [6.07, 6.45) is 0. The first-order chi connectivity index (χ1) is 3.00. The van der Waals surface area contributed by atoms with E-state index >= 15 is 0 Å². The maximum absolute atomic E-state index is 8.59. The van der Waals surface area contributed by atoms with Gasteiger partial charge >= 0.3 is 58.7 Å². The minimum absolute atomic E-state index is 0. The third kappa shape index (κ3) is 110. The van der Waals surface area contributed by atoms with Crippen molar-refractivity contribution >= 4 is 9.19 Å². The van der Waals surface area contributed by atoms with Crippen LogP contribution < -0.4 is 8.32 Å². The van der Waals surface area contributed by atoms with Crippen molar-refractivity contribution in [3.8, 4) is 0 Å². The Labute approximate surface area is 80.2 Å². The number of halogens is 1. The average molecular weight is 367 g/mol. The predicted molar refractivity (Wildman–Crippen MR) is 7.23 cm³/mol. The normalized spacial score (nSPS) is 8.12. The van der Waals surface area contributed by atoms with Crippen LogP contribution in [0.5, 0.6) is 0 Å². The summed E-state index contributed by atoms with van der Waals surface area (Å²) in [7, 11) is 4.45. The van der Waals surface area contributed by atoms with Crippen LogP contribution in [0.3, 0.4) is 0 Å². The Kier molecular flexibility index (Phi) is 18.1. The zero-order valence-corrected chi connectivity index (χ0v) is 8.02. The van der Waals surface area contributed by atoms with Crippen molar-refractivity contribution in [1.29, 1.82) is 0 Å². The molecule has 61 valence electrons. The van der Waals surface area contributed by atoms with Crippen LogP contribution in [0.2, 0.25) is 0 Å². The Hall–Kier alpha value is 1.82. The van der Waals surface area contributed by atoms with Gasteiger partial charge in [0.1, 0.15) is 0 Å². The Morgan fingerprint density at radius 2 is 1.25 bits per heavy atom. The number of hydrogen-bond donors (Lipinski definition) is 0. The van der Waals surface area contributed by atoms with Crippen molar-refractivity contribution < 1.29 is 71.9 Å². The fraction of sp³-hybridized carbons (Fsp3) is 0. The van der Waals surface area contributed by atoms with Crippen molar-refractivity contribution in [2.75, 3.05) is 0 Å². The van der Waals surface area contributed by atoms with Crippen LogP contribution in [0.1, 0.15) is 0 Å². The van der Waals surface area contributed by atoms with E-state index in [1.165, 1.54) is 0 Å². The number of rotatable bonds is 0. The molecule has 0 aromatic rings. The van der Waals surface area contributed by atoms with Crippen molar-refractivity contribution in [2.24, 2.45) is 0 Å². The summed E-state index contributed by atoms with van der Waals surface area (Å²) in [6, 6.07) is 0. The van der Waals surface area contributed by atoms with Crippen LogP contribution in [-0.4, -0.2) is 0 Å². The first-order valence-corrected chi connectivity index (χ1v) is 4.77. The van der Waals surface area contributed by atoms with E-state index in [1.54, 1.807) is 0 Å². The minimum atomic E-state index is -5.75. The Morgan fingerprint density at radius 3 is 1.25 bits per heavy atom. The SMILES string of the molecule is [Ag].[Cl][Ag].[O]=[Cr](=[O])([O-])[O-]. The average Bonchev–Trinajstić information content (AvgIpc) is 1.36. The van der Waals surface area contributed by atoms with E-state index in [1.807, 2.05) is 0 Å². The number of hydrogen-bond acceptors (Lipinski definition) is 4. The summed E-state index contributed by atoms with van der Waals surface area (Å²) in [4.78, 5) is 0. The van der Waals surface area contributed by atoms with Gasteiger partial charge in [0.05, 0.1) is 0 Å². The standard InChI is InChI=1S/2Ag.ClH.Cr.4O/h;;1H;;;;;/q;+1;;;;;2*-1/p-1. The van der Waals surface area contributed by atoms with E-state index < -0.39 is 13.6 Å². The second-order valence-electron chi connectivity index (χ2n) is 0.408. The van der Waals surface area contributed by atoms with Gasteiger partial charge in [0.25, 0.3) is 0 Å². The molecule has 0 unspecified atom stereocenters. The summed E-state index contributed by atoms with van der Waals surface area (Å²) in [5.41, 5.74) is 0. The van der Waals surface area contributed by atoms with Gasteiger partial charge < -0.3 is 0 Å². The quantitative estimate of drug-likeness (QED) is 0.467. The third-order valence-electron chi connectivity index (χ3n) is 0. The monoisotopic (exact) mass is 365 g/mol. The molecule has 4 nitrogen and oxygen atoms in total. The van der Waals surface area contributed by atoms with Gasteiger partial charge in [0.15, 0.2) is 0 Å². The molecule has 0 saturated heterocycles. The summed E-state index contributed by atoms with van der Waals surface area (Å²) in [6.45, 7) is 0. The molecule has 0 saturated carbocycles.